The van der Waals surface area contributed by atoms with E-state index in [9.17, 15) is 4.79 Å². The molecule has 0 spiro atoms. The molecule has 3 N–H and O–H groups in total. The Kier molecular flexibility index (Phi) is 2.64. The van der Waals surface area contributed by atoms with Crippen LogP contribution >= 0.6 is 0 Å². The van der Waals surface area contributed by atoms with Crippen molar-refractivity contribution >= 4 is 11.4 Å². The lowest BCUT2D eigenvalue weighted by Gasteiger charge is -2.12. The number of aromatic amines is 1. The lowest BCUT2D eigenvalue weighted by atomic mass is 10.1. The quantitative estimate of drug-likeness (QED) is 0.754. The number of anilines is 2. The molecule has 4 nitrogen and oxygen atoms in total. The Balaban J connectivity index is 2.00. The number of rotatable bonds is 2. The maximum absolute atomic E-state index is 11.4. The van der Waals surface area contributed by atoms with E-state index in [0.29, 0.717) is 0 Å². The first-order chi connectivity index (χ1) is 8.74. The molecular formula is C14H15N3O. The van der Waals surface area contributed by atoms with Crippen LogP contribution in [0.5, 0.6) is 0 Å². The van der Waals surface area contributed by atoms with E-state index in [1.54, 1.807) is 12.3 Å². The van der Waals surface area contributed by atoms with Crippen LogP contribution in [0.15, 0.2) is 35.3 Å². The lowest BCUT2D eigenvalue weighted by molar-refractivity contribution is 0.765. The molecule has 0 saturated carbocycles. The molecule has 4 heteroatoms. The average molecular weight is 241 g/mol. The van der Waals surface area contributed by atoms with Crippen LogP contribution in [-0.4, -0.2) is 4.98 Å². The molecule has 2 aromatic rings. The van der Waals surface area contributed by atoms with E-state index < -0.39 is 0 Å². The van der Waals surface area contributed by atoms with Gasteiger partial charge in [0.1, 0.15) is 0 Å². The van der Waals surface area contributed by atoms with Crippen LogP contribution in [0.4, 0.5) is 11.4 Å². The first kappa shape index (κ1) is 11.0. The molecule has 1 aromatic heterocycles. The van der Waals surface area contributed by atoms with Crippen molar-refractivity contribution in [3.63, 3.8) is 0 Å². The summed E-state index contributed by atoms with van der Waals surface area (Å²) in [5.41, 5.74) is 5.48. The molecule has 0 atom stereocenters. The van der Waals surface area contributed by atoms with Crippen molar-refractivity contribution in [2.75, 3.05) is 5.32 Å². The molecule has 0 amide bonds. The zero-order valence-electron chi connectivity index (χ0n) is 10.2. The fourth-order valence-electron chi connectivity index (χ4n) is 2.27. The van der Waals surface area contributed by atoms with Gasteiger partial charge < -0.3 is 15.6 Å². The van der Waals surface area contributed by atoms with E-state index in [1.807, 2.05) is 19.1 Å². The molecule has 1 aliphatic rings. The molecule has 2 heterocycles. The second-order valence-electron chi connectivity index (χ2n) is 4.57. The first-order valence-electron chi connectivity index (χ1n) is 6.02. The van der Waals surface area contributed by atoms with Gasteiger partial charge in [-0.2, -0.15) is 0 Å². The Bertz CT molecular complexity index is 646. The normalized spacial score (nSPS) is 13.4. The van der Waals surface area contributed by atoms with Crippen molar-refractivity contribution in [3.05, 3.63) is 57.5 Å². The largest absolute Gasteiger partial charge is 0.355 e. The highest BCUT2D eigenvalue weighted by Crippen LogP contribution is 2.27. The predicted molar refractivity (Wildman–Crippen MR) is 72.1 cm³/mol. The van der Waals surface area contributed by atoms with Crippen molar-refractivity contribution in [1.82, 2.24) is 10.3 Å². The molecule has 0 aliphatic carbocycles. The number of hydrogen-bond acceptors (Lipinski definition) is 3. The van der Waals surface area contributed by atoms with Crippen LogP contribution in [0.1, 0.15) is 16.7 Å². The van der Waals surface area contributed by atoms with Gasteiger partial charge in [0.15, 0.2) is 0 Å². The number of fused-ring (bicyclic) bond motifs is 1. The zero-order valence-corrected chi connectivity index (χ0v) is 10.2. The van der Waals surface area contributed by atoms with Crippen LogP contribution in [0, 0.1) is 6.92 Å². The number of nitrogens with one attached hydrogen (secondary N) is 3. The van der Waals surface area contributed by atoms with Gasteiger partial charge in [-0.05, 0) is 29.7 Å². The Labute approximate surface area is 105 Å². The number of benzene rings is 1. The second kappa shape index (κ2) is 4.31. The van der Waals surface area contributed by atoms with Crippen molar-refractivity contribution < 1.29 is 0 Å². The van der Waals surface area contributed by atoms with Crippen LogP contribution in [0.3, 0.4) is 0 Å². The molecule has 0 unspecified atom stereocenters. The summed E-state index contributed by atoms with van der Waals surface area (Å²) in [6.07, 6.45) is 1.73. The van der Waals surface area contributed by atoms with E-state index in [2.05, 4.69) is 21.7 Å². The molecule has 1 aliphatic heterocycles. The summed E-state index contributed by atoms with van der Waals surface area (Å²) in [4.78, 5) is 14.0. The van der Waals surface area contributed by atoms with Crippen molar-refractivity contribution in [1.29, 1.82) is 0 Å². The summed E-state index contributed by atoms with van der Waals surface area (Å²) < 4.78 is 0. The van der Waals surface area contributed by atoms with Gasteiger partial charge in [-0.15, -0.1) is 0 Å². The Morgan fingerprint density at radius 1 is 1.22 bits per heavy atom. The maximum Gasteiger partial charge on any atom is 0.250 e. The average Bonchev–Trinajstić information content (AvgIpc) is 2.83. The van der Waals surface area contributed by atoms with E-state index in [0.717, 1.165) is 30.0 Å². The molecular weight excluding hydrogens is 226 g/mol. The standard InChI is InChI=1S/C14H15N3O/c1-9-6-16-14(18)5-13(9)17-12-4-2-3-10-7-15-8-11(10)12/h2-6,15H,7-8H2,1H3,(H2,16,17,18). The second-order valence-corrected chi connectivity index (χ2v) is 4.57. The van der Waals surface area contributed by atoms with Gasteiger partial charge in [-0.1, -0.05) is 12.1 Å². The van der Waals surface area contributed by atoms with Gasteiger partial charge in [0.2, 0.25) is 5.56 Å². The summed E-state index contributed by atoms with van der Waals surface area (Å²) in [5.74, 6) is 0. The molecule has 18 heavy (non-hydrogen) atoms. The third-order valence-corrected chi connectivity index (χ3v) is 3.29. The van der Waals surface area contributed by atoms with Gasteiger partial charge in [0.05, 0.1) is 0 Å². The Hall–Kier alpha value is -2.07. The van der Waals surface area contributed by atoms with Gasteiger partial charge in [-0.25, -0.2) is 0 Å². The Morgan fingerprint density at radius 3 is 3.00 bits per heavy atom. The summed E-state index contributed by atoms with van der Waals surface area (Å²) in [5, 5.41) is 6.69. The number of aromatic nitrogens is 1. The van der Waals surface area contributed by atoms with Crippen LogP contribution in [0.25, 0.3) is 0 Å². The monoisotopic (exact) mass is 241 g/mol. The fourth-order valence-corrected chi connectivity index (χ4v) is 2.27. The highest BCUT2D eigenvalue weighted by molar-refractivity contribution is 5.67. The number of aryl methyl sites for hydroxylation is 1. The summed E-state index contributed by atoms with van der Waals surface area (Å²) in [7, 11) is 0. The number of H-pyrrole nitrogens is 1. The smallest absolute Gasteiger partial charge is 0.250 e. The molecule has 3 rings (SSSR count). The third kappa shape index (κ3) is 1.91. The van der Waals surface area contributed by atoms with Crippen molar-refractivity contribution in [3.8, 4) is 0 Å². The number of pyridine rings is 1. The minimum Gasteiger partial charge on any atom is -0.355 e. The molecule has 0 fully saturated rings. The minimum atomic E-state index is -0.0891. The zero-order chi connectivity index (χ0) is 12.5. The lowest BCUT2D eigenvalue weighted by Crippen LogP contribution is -2.07. The van der Waals surface area contributed by atoms with E-state index in [-0.39, 0.29) is 5.56 Å². The van der Waals surface area contributed by atoms with E-state index in [4.69, 9.17) is 0 Å². The van der Waals surface area contributed by atoms with Gasteiger partial charge in [0, 0.05) is 36.7 Å². The van der Waals surface area contributed by atoms with Gasteiger partial charge >= 0.3 is 0 Å². The van der Waals surface area contributed by atoms with Crippen molar-refractivity contribution in [2.45, 2.75) is 20.0 Å². The van der Waals surface area contributed by atoms with Crippen LogP contribution < -0.4 is 16.2 Å². The van der Waals surface area contributed by atoms with E-state index >= 15 is 0 Å². The first-order valence-corrected chi connectivity index (χ1v) is 6.02. The van der Waals surface area contributed by atoms with Crippen LogP contribution in [0.2, 0.25) is 0 Å². The highest BCUT2D eigenvalue weighted by atomic mass is 16.1. The molecule has 0 saturated heterocycles. The van der Waals surface area contributed by atoms with Crippen molar-refractivity contribution in [2.24, 2.45) is 0 Å². The summed E-state index contributed by atoms with van der Waals surface area (Å²) >= 11 is 0. The van der Waals surface area contributed by atoms with Gasteiger partial charge in [0.25, 0.3) is 0 Å². The highest BCUT2D eigenvalue weighted by Gasteiger charge is 2.14. The number of hydrogen-bond donors (Lipinski definition) is 3. The van der Waals surface area contributed by atoms with E-state index in [1.165, 1.54) is 11.1 Å². The minimum absolute atomic E-state index is 0.0891. The molecule has 0 bridgehead atoms. The fraction of sp³-hybridized carbons (Fsp3) is 0.214. The SMILES string of the molecule is Cc1c[nH]c(=O)cc1Nc1cccc2c1CNC2. The van der Waals surface area contributed by atoms with Gasteiger partial charge in [-0.3, -0.25) is 4.79 Å². The molecule has 0 radical (unpaired) electrons. The third-order valence-electron chi connectivity index (χ3n) is 3.29. The summed E-state index contributed by atoms with van der Waals surface area (Å²) in [6.45, 7) is 3.76. The summed E-state index contributed by atoms with van der Waals surface area (Å²) in [6, 6.07) is 7.81. The molecule has 92 valence electrons. The molecule has 1 aromatic carbocycles. The maximum atomic E-state index is 11.4. The van der Waals surface area contributed by atoms with Crippen LogP contribution in [-0.2, 0) is 13.1 Å². The Morgan fingerprint density at radius 2 is 2.11 bits per heavy atom. The topological polar surface area (TPSA) is 56.9 Å². The predicted octanol–water partition coefficient (Wildman–Crippen LogP) is 2.03.